The number of hydrogen-bond donors (Lipinski definition) is 2. The molecule has 5 nitrogen and oxygen atoms in total. The number of hydrogen-bond acceptors (Lipinski definition) is 5. The van der Waals surface area contributed by atoms with Crippen LogP contribution < -0.4 is 10.8 Å². The van der Waals surface area contributed by atoms with Crippen LogP contribution in [0.25, 0.3) is 0 Å². The second kappa shape index (κ2) is 5.11. The molecule has 2 rings (SSSR count). The minimum atomic E-state index is -0.347. The summed E-state index contributed by atoms with van der Waals surface area (Å²) in [7, 11) is 0. The molecule has 0 unspecified atom stereocenters. The lowest BCUT2D eigenvalue weighted by Gasteiger charge is -2.30. The van der Waals surface area contributed by atoms with Crippen LogP contribution in [0.4, 0.5) is 10.1 Å². The Labute approximate surface area is 98.4 Å². The summed E-state index contributed by atoms with van der Waals surface area (Å²) in [5, 5.41) is 7.58. The van der Waals surface area contributed by atoms with Crippen molar-refractivity contribution in [3.8, 4) is 0 Å². The van der Waals surface area contributed by atoms with Crippen LogP contribution >= 0.6 is 0 Å². The fourth-order valence-corrected chi connectivity index (χ4v) is 1.83. The molecule has 0 radical (unpaired) electrons. The molecule has 92 valence electrons. The summed E-state index contributed by atoms with van der Waals surface area (Å²) >= 11 is 0. The molecule has 1 aliphatic rings. The van der Waals surface area contributed by atoms with E-state index in [1.54, 1.807) is 0 Å². The lowest BCUT2D eigenvalue weighted by atomic mass is 10.1. The Bertz CT molecular complexity index is 419. The number of nitrogens with two attached hydrogens (primary N) is 1. The summed E-state index contributed by atoms with van der Waals surface area (Å²) in [5.74, 6) is 4.46. The Kier molecular flexibility index (Phi) is 3.55. The normalized spacial score (nSPS) is 15.8. The maximum atomic E-state index is 13.3. The molecule has 0 amide bonds. The van der Waals surface area contributed by atoms with Gasteiger partial charge in [0.2, 0.25) is 5.90 Å². The molecule has 0 saturated carbocycles. The molecule has 1 aliphatic heterocycles. The van der Waals surface area contributed by atoms with Gasteiger partial charge >= 0.3 is 0 Å². The van der Waals surface area contributed by atoms with Crippen molar-refractivity contribution in [3.05, 3.63) is 29.6 Å². The van der Waals surface area contributed by atoms with Gasteiger partial charge in [-0.15, -0.1) is 0 Å². The van der Waals surface area contributed by atoms with E-state index < -0.39 is 0 Å². The second-order valence-corrected chi connectivity index (χ2v) is 3.71. The maximum absolute atomic E-state index is 13.3. The Hall–Kier alpha value is -1.66. The highest BCUT2D eigenvalue weighted by atomic mass is 19.1. The van der Waals surface area contributed by atoms with Crippen molar-refractivity contribution in [1.82, 2.24) is 0 Å². The molecule has 0 spiro atoms. The van der Waals surface area contributed by atoms with Crippen LogP contribution in [-0.4, -0.2) is 32.2 Å². The SMILES string of the molecule is N=C(ON)c1ccc(F)cc1N1CCOCC1. The van der Waals surface area contributed by atoms with Crippen molar-refractivity contribution in [1.29, 1.82) is 5.41 Å². The van der Waals surface area contributed by atoms with E-state index in [-0.39, 0.29) is 11.7 Å². The van der Waals surface area contributed by atoms with Crippen molar-refractivity contribution in [3.63, 3.8) is 0 Å². The van der Waals surface area contributed by atoms with Gasteiger partial charge in [-0.05, 0) is 18.2 Å². The average molecular weight is 239 g/mol. The van der Waals surface area contributed by atoms with Gasteiger partial charge in [0.25, 0.3) is 0 Å². The minimum Gasteiger partial charge on any atom is -0.391 e. The number of nitrogens with zero attached hydrogens (tertiary/aromatic N) is 1. The third-order valence-electron chi connectivity index (χ3n) is 2.67. The van der Waals surface area contributed by atoms with Crippen LogP contribution in [0.1, 0.15) is 5.56 Å². The Morgan fingerprint density at radius 3 is 2.76 bits per heavy atom. The van der Waals surface area contributed by atoms with E-state index in [4.69, 9.17) is 16.0 Å². The maximum Gasteiger partial charge on any atom is 0.239 e. The summed E-state index contributed by atoms with van der Waals surface area (Å²) in [6.07, 6.45) is 0. The molecule has 1 aromatic carbocycles. The van der Waals surface area contributed by atoms with E-state index in [9.17, 15) is 4.39 Å². The van der Waals surface area contributed by atoms with E-state index in [0.29, 0.717) is 37.6 Å². The van der Waals surface area contributed by atoms with E-state index in [1.165, 1.54) is 18.2 Å². The molecule has 0 aliphatic carbocycles. The quantitative estimate of drug-likeness (QED) is 0.456. The van der Waals surface area contributed by atoms with Gasteiger partial charge in [0, 0.05) is 13.1 Å². The smallest absolute Gasteiger partial charge is 0.239 e. The van der Waals surface area contributed by atoms with E-state index in [1.807, 2.05) is 4.90 Å². The van der Waals surface area contributed by atoms with Crippen LogP contribution in [0.15, 0.2) is 18.2 Å². The molecule has 3 N–H and O–H groups in total. The number of rotatable bonds is 2. The largest absolute Gasteiger partial charge is 0.391 e. The van der Waals surface area contributed by atoms with E-state index in [0.717, 1.165) is 0 Å². The monoisotopic (exact) mass is 239 g/mol. The van der Waals surface area contributed by atoms with Gasteiger partial charge in [0.15, 0.2) is 0 Å². The molecule has 17 heavy (non-hydrogen) atoms. The number of morpholine rings is 1. The molecule has 1 heterocycles. The number of halogens is 1. The second-order valence-electron chi connectivity index (χ2n) is 3.71. The highest BCUT2D eigenvalue weighted by Crippen LogP contribution is 2.23. The van der Waals surface area contributed by atoms with E-state index in [2.05, 4.69) is 4.84 Å². The van der Waals surface area contributed by atoms with Gasteiger partial charge < -0.3 is 14.5 Å². The van der Waals surface area contributed by atoms with Crippen molar-refractivity contribution in [2.24, 2.45) is 5.90 Å². The molecular formula is C11H14FN3O2. The van der Waals surface area contributed by atoms with Crippen LogP contribution in [0.5, 0.6) is 0 Å². The van der Waals surface area contributed by atoms with E-state index >= 15 is 0 Å². The fraction of sp³-hybridized carbons (Fsp3) is 0.364. The first kappa shape index (κ1) is 11.8. The van der Waals surface area contributed by atoms with Crippen LogP contribution in [-0.2, 0) is 9.57 Å². The zero-order chi connectivity index (χ0) is 12.3. The summed E-state index contributed by atoms with van der Waals surface area (Å²) in [4.78, 5) is 6.36. The van der Waals surface area contributed by atoms with Crippen molar-refractivity contribution in [2.75, 3.05) is 31.2 Å². The van der Waals surface area contributed by atoms with Crippen LogP contribution in [0.2, 0.25) is 0 Å². The highest BCUT2D eigenvalue weighted by Gasteiger charge is 2.18. The summed E-state index contributed by atoms with van der Waals surface area (Å²) in [5.41, 5.74) is 1.10. The first-order valence-electron chi connectivity index (χ1n) is 5.30. The lowest BCUT2D eigenvalue weighted by Crippen LogP contribution is -2.37. The number of benzene rings is 1. The topological polar surface area (TPSA) is 71.6 Å². The number of nitrogens with one attached hydrogen (secondary N) is 1. The molecular weight excluding hydrogens is 225 g/mol. The predicted molar refractivity (Wildman–Crippen MR) is 61.5 cm³/mol. The Morgan fingerprint density at radius 2 is 2.12 bits per heavy atom. The zero-order valence-corrected chi connectivity index (χ0v) is 9.28. The first-order valence-corrected chi connectivity index (χ1v) is 5.30. The van der Waals surface area contributed by atoms with Crippen molar-refractivity contribution >= 4 is 11.6 Å². The van der Waals surface area contributed by atoms with Gasteiger partial charge in [-0.1, -0.05) is 0 Å². The zero-order valence-electron chi connectivity index (χ0n) is 9.28. The first-order chi connectivity index (χ1) is 8.22. The average Bonchev–Trinajstić information content (AvgIpc) is 2.39. The van der Waals surface area contributed by atoms with Gasteiger partial charge in [0.05, 0.1) is 24.5 Å². The Morgan fingerprint density at radius 1 is 1.41 bits per heavy atom. The molecule has 0 bridgehead atoms. The van der Waals surface area contributed by atoms with Crippen molar-refractivity contribution < 1.29 is 14.0 Å². The Balaban J connectivity index is 2.35. The van der Waals surface area contributed by atoms with Crippen molar-refractivity contribution in [2.45, 2.75) is 0 Å². The highest BCUT2D eigenvalue weighted by molar-refractivity contribution is 5.97. The van der Waals surface area contributed by atoms with Crippen LogP contribution in [0.3, 0.4) is 0 Å². The summed E-state index contributed by atoms with van der Waals surface area (Å²) in [6, 6.07) is 4.16. The van der Waals surface area contributed by atoms with Gasteiger partial charge in [-0.2, -0.15) is 5.90 Å². The molecule has 0 atom stereocenters. The predicted octanol–water partition coefficient (Wildman–Crippen LogP) is 0.878. The molecule has 6 heteroatoms. The van der Waals surface area contributed by atoms with Gasteiger partial charge in [-0.25, -0.2) is 4.39 Å². The molecule has 1 aromatic rings. The standard InChI is InChI=1S/C11H14FN3O2/c12-8-1-2-9(11(13)17-14)10(7-8)15-3-5-16-6-4-15/h1-2,7,13H,3-6,14H2. The third kappa shape index (κ3) is 2.54. The third-order valence-corrected chi connectivity index (χ3v) is 2.67. The van der Waals surface area contributed by atoms with Crippen LogP contribution in [0, 0.1) is 11.2 Å². The fourth-order valence-electron chi connectivity index (χ4n) is 1.83. The molecule has 1 fully saturated rings. The van der Waals surface area contributed by atoms with Gasteiger partial charge in [-0.3, -0.25) is 5.41 Å². The lowest BCUT2D eigenvalue weighted by molar-refractivity contribution is 0.122. The molecule has 0 aromatic heterocycles. The summed E-state index contributed by atoms with van der Waals surface area (Å²) < 4.78 is 18.5. The number of anilines is 1. The van der Waals surface area contributed by atoms with Gasteiger partial charge in [0.1, 0.15) is 5.82 Å². The molecule has 1 saturated heterocycles. The summed E-state index contributed by atoms with van der Waals surface area (Å²) in [6.45, 7) is 2.50. The number of ether oxygens (including phenoxy) is 1. The minimum absolute atomic E-state index is 0.175.